The third-order valence-corrected chi connectivity index (χ3v) is 2.03. The van der Waals surface area contributed by atoms with Gasteiger partial charge in [0.05, 0.1) is 0 Å². The van der Waals surface area contributed by atoms with Crippen LogP contribution in [-0.4, -0.2) is 41.5 Å². The quantitative estimate of drug-likeness (QED) is 0.516. The fraction of sp³-hybridized carbons (Fsp3) is 0.875. The number of hydrogen-bond acceptors (Lipinski definition) is 1. The minimum absolute atomic E-state index is 0.0259. The van der Waals surface area contributed by atoms with Crippen LogP contribution >= 0.6 is 0 Å². The van der Waals surface area contributed by atoms with Crippen LogP contribution in [0.4, 0.5) is 4.79 Å². The number of rotatable bonds is 0. The highest BCUT2D eigenvalue weighted by atomic mass is 16.2. The second kappa shape index (κ2) is 2.40. The van der Waals surface area contributed by atoms with Crippen molar-refractivity contribution in [1.29, 1.82) is 0 Å². The van der Waals surface area contributed by atoms with Gasteiger partial charge in [0, 0.05) is 25.7 Å². The van der Waals surface area contributed by atoms with Crippen LogP contribution in [-0.2, 0) is 0 Å². The maximum Gasteiger partial charge on any atom is 0.320 e. The van der Waals surface area contributed by atoms with Gasteiger partial charge in [0.1, 0.15) is 0 Å². The summed E-state index contributed by atoms with van der Waals surface area (Å²) in [6.45, 7) is 7.90. The number of carbonyl (C=O) groups excluding carboxylic acids is 1. The van der Waals surface area contributed by atoms with Crippen molar-refractivity contribution in [3.05, 3.63) is 0 Å². The average Bonchev–Trinajstić information content (AvgIpc) is 2.11. The van der Waals surface area contributed by atoms with E-state index in [4.69, 9.17) is 0 Å². The monoisotopic (exact) mass is 156 g/mol. The largest absolute Gasteiger partial charge is 0.326 e. The smallest absolute Gasteiger partial charge is 0.320 e. The van der Waals surface area contributed by atoms with E-state index in [0.29, 0.717) is 0 Å². The molecule has 2 amide bonds. The van der Waals surface area contributed by atoms with Gasteiger partial charge < -0.3 is 9.80 Å². The summed E-state index contributed by atoms with van der Waals surface area (Å²) in [5.74, 6) is 0. The lowest BCUT2D eigenvalue weighted by Gasteiger charge is -2.30. The number of likely N-dealkylation sites (N-methyl/N-ethyl adjacent to an activating group) is 1. The minimum Gasteiger partial charge on any atom is -0.326 e. The van der Waals surface area contributed by atoms with Crippen LogP contribution in [0.3, 0.4) is 0 Å². The first kappa shape index (κ1) is 8.37. The Morgan fingerprint density at radius 1 is 1.27 bits per heavy atom. The molecule has 0 aromatic carbocycles. The lowest BCUT2D eigenvalue weighted by molar-refractivity contribution is 0.159. The number of urea groups is 1. The van der Waals surface area contributed by atoms with Crippen molar-refractivity contribution in [2.75, 3.05) is 20.1 Å². The van der Waals surface area contributed by atoms with E-state index < -0.39 is 0 Å². The van der Waals surface area contributed by atoms with E-state index in [9.17, 15) is 4.79 Å². The van der Waals surface area contributed by atoms with Gasteiger partial charge >= 0.3 is 6.03 Å². The molecule has 0 aromatic heterocycles. The Labute approximate surface area is 68.0 Å². The van der Waals surface area contributed by atoms with Crippen LogP contribution in [0, 0.1) is 0 Å². The lowest BCUT2D eigenvalue weighted by atomic mass is 10.1. The average molecular weight is 156 g/mol. The topological polar surface area (TPSA) is 23.6 Å². The second-order valence-electron chi connectivity index (χ2n) is 4.03. The first-order valence-corrected chi connectivity index (χ1v) is 3.95. The van der Waals surface area contributed by atoms with E-state index in [0.717, 1.165) is 13.1 Å². The highest BCUT2D eigenvalue weighted by Gasteiger charge is 2.33. The Morgan fingerprint density at radius 2 is 1.82 bits per heavy atom. The van der Waals surface area contributed by atoms with Crippen LogP contribution in [0.2, 0.25) is 0 Å². The van der Waals surface area contributed by atoms with Gasteiger partial charge in [0.2, 0.25) is 0 Å². The summed E-state index contributed by atoms with van der Waals surface area (Å²) in [5.41, 5.74) is -0.0259. The molecule has 0 aliphatic carbocycles. The van der Waals surface area contributed by atoms with E-state index in [1.807, 2.05) is 11.9 Å². The summed E-state index contributed by atoms with van der Waals surface area (Å²) in [7, 11) is 1.84. The molecule has 0 unspecified atom stereocenters. The zero-order valence-electron chi connectivity index (χ0n) is 7.72. The number of carbonyl (C=O) groups is 1. The van der Waals surface area contributed by atoms with Gasteiger partial charge in [-0.2, -0.15) is 0 Å². The standard InChI is InChI=1S/C8H16N2O/c1-8(2,3)10-6-5-9(4)7(10)11/h5-6H2,1-4H3. The van der Waals surface area contributed by atoms with Crippen molar-refractivity contribution >= 4 is 6.03 Å². The van der Waals surface area contributed by atoms with E-state index >= 15 is 0 Å². The molecule has 0 atom stereocenters. The molecule has 1 fully saturated rings. The molecular weight excluding hydrogens is 140 g/mol. The fourth-order valence-electron chi connectivity index (χ4n) is 1.27. The van der Waals surface area contributed by atoms with E-state index in [1.165, 1.54) is 0 Å². The van der Waals surface area contributed by atoms with Crippen LogP contribution in [0.15, 0.2) is 0 Å². The molecule has 3 nitrogen and oxygen atoms in total. The molecule has 0 N–H and O–H groups in total. The van der Waals surface area contributed by atoms with E-state index in [2.05, 4.69) is 20.8 Å². The predicted molar refractivity (Wildman–Crippen MR) is 44.5 cm³/mol. The zero-order valence-corrected chi connectivity index (χ0v) is 7.72. The van der Waals surface area contributed by atoms with Gasteiger partial charge in [0.25, 0.3) is 0 Å². The molecule has 0 bridgehead atoms. The van der Waals surface area contributed by atoms with Gasteiger partial charge in [-0.25, -0.2) is 4.79 Å². The third kappa shape index (κ3) is 1.47. The molecule has 1 aliphatic rings. The van der Waals surface area contributed by atoms with Crippen molar-refractivity contribution in [1.82, 2.24) is 9.80 Å². The van der Waals surface area contributed by atoms with Gasteiger partial charge in [0.15, 0.2) is 0 Å². The van der Waals surface area contributed by atoms with Crippen molar-refractivity contribution < 1.29 is 4.79 Å². The second-order valence-corrected chi connectivity index (χ2v) is 4.03. The van der Waals surface area contributed by atoms with Crippen molar-refractivity contribution in [2.24, 2.45) is 0 Å². The van der Waals surface area contributed by atoms with Crippen LogP contribution in [0.1, 0.15) is 20.8 Å². The van der Waals surface area contributed by atoms with Gasteiger partial charge in [-0.05, 0) is 20.8 Å². The van der Waals surface area contributed by atoms with Crippen LogP contribution in [0.5, 0.6) is 0 Å². The first-order chi connectivity index (χ1) is 4.93. The van der Waals surface area contributed by atoms with Crippen LogP contribution in [0.25, 0.3) is 0 Å². The molecule has 3 heteroatoms. The Bertz CT molecular complexity index is 171. The molecule has 11 heavy (non-hydrogen) atoms. The van der Waals surface area contributed by atoms with Crippen molar-refractivity contribution in [2.45, 2.75) is 26.3 Å². The van der Waals surface area contributed by atoms with Crippen molar-refractivity contribution in [3.63, 3.8) is 0 Å². The summed E-state index contributed by atoms with van der Waals surface area (Å²) >= 11 is 0. The maximum absolute atomic E-state index is 11.4. The number of amides is 2. The van der Waals surface area contributed by atoms with E-state index in [-0.39, 0.29) is 11.6 Å². The molecular formula is C8H16N2O. The zero-order chi connectivity index (χ0) is 8.65. The van der Waals surface area contributed by atoms with E-state index in [1.54, 1.807) is 4.90 Å². The maximum atomic E-state index is 11.4. The summed E-state index contributed by atoms with van der Waals surface area (Å²) in [6.07, 6.45) is 0. The molecule has 1 rings (SSSR count). The fourth-order valence-corrected chi connectivity index (χ4v) is 1.27. The third-order valence-electron chi connectivity index (χ3n) is 2.03. The number of hydrogen-bond donors (Lipinski definition) is 0. The Kier molecular flexibility index (Phi) is 1.82. The summed E-state index contributed by atoms with van der Waals surface area (Å²) in [6, 6.07) is 0.150. The molecule has 0 radical (unpaired) electrons. The highest BCUT2D eigenvalue weighted by Crippen LogP contribution is 2.18. The lowest BCUT2D eigenvalue weighted by Crippen LogP contribution is -2.43. The normalized spacial score (nSPS) is 19.8. The van der Waals surface area contributed by atoms with Crippen molar-refractivity contribution in [3.8, 4) is 0 Å². The summed E-state index contributed by atoms with van der Waals surface area (Å²) < 4.78 is 0. The number of nitrogens with zero attached hydrogens (tertiary/aromatic N) is 2. The molecule has 0 saturated carbocycles. The molecule has 0 aromatic rings. The first-order valence-electron chi connectivity index (χ1n) is 3.95. The molecule has 64 valence electrons. The molecule has 1 heterocycles. The predicted octanol–water partition coefficient (Wildman–Crippen LogP) is 1.15. The Balaban J connectivity index is 2.70. The summed E-state index contributed by atoms with van der Waals surface area (Å²) in [4.78, 5) is 15.1. The van der Waals surface area contributed by atoms with Gasteiger partial charge in [-0.3, -0.25) is 0 Å². The van der Waals surface area contributed by atoms with Gasteiger partial charge in [-0.15, -0.1) is 0 Å². The SMILES string of the molecule is CN1CCN(C(C)(C)C)C1=O. The Morgan fingerprint density at radius 3 is 2.00 bits per heavy atom. The molecule has 1 saturated heterocycles. The van der Waals surface area contributed by atoms with Crippen LogP contribution < -0.4 is 0 Å². The summed E-state index contributed by atoms with van der Waals surface area (Å²) in [5, 5.41) is 0. The van der Waals surface area contributed by atoms with Gasteiger partial charge in [-0.1, -0.05) is 0 Å². The minimum atomic E-state index is -0.0259. The Hall–Kier alpha value is -0.730. The molecule has 1 aliphatic heterocycles. The molecule has 0 spiro atoms. The highest BCUT2D eigenvalue weighted by molar-refractivity contribution is 5.76.